The SMILES string of the molecule is Cl.NC(CNC(=O)c1ccc(OCC2CCCCC2)cc1)C1CC1. The van der Waals surface area contributed by atoms with E-state index in [-0.39, 0.29) is 24.4 Å². The summed E-state index contributed by atoms with van der Waals surface area (Å²) in [6.45, 7) is 1.35. The average Bonchev–Trinajstić information content (AvgIpc) is 3.44. The lowest BCUT2D eigenvalue weighted by atomic mass is 9.90. The molecule has 2 aliphatic rings. The summed E-state index contributed by atoms with van der Waals surface area (Å²) in [6, 6.07) is 7.52. The lowest BCUT2D eigenvalue weighted by Crippen LogP contribution is -2.38. The van der Waals surface area contributed by atoms with Crippen LogP contribution in [0, 0.1) is 11.8 Å². The largest absolute Gasteiger partial charge is 0.493 e. The summed E-state index contributed by atoms with van der Waals surface area (Å²) in [4.78, 5) is 12.1. The number of ether oxygens (including phenoxy) is 1. The number of amides is 1. The van der Waals surface area contributed by atoms with Crippen molar-refractivity contribution in [2.24, 2.45) is 17.6 Å². The summed E-state index contributed by atoms with van der Waals surface area (Å²) in [5, 5.41) is 2.92. The average molecular weight is 353 g/mol. The quantitative estimate of drug-likeness (QED) is 0.788. The van der Waals surface area contributed by atoms with E-state index in [9.17, 15) is 4.79 Å². The Hall–Kier alpha value is -1.26. The molecule has 0 radical (unpaired) electrons. The Morgan fingerprint density at radius 1 is 1.12 bits per heavy atom. The van der Waals surface area contributed by atoms with E-state index in [4.69, 9.17) is 10.5 Å². The van der Waals surface area contributed by atoms with E-state index in [1.54, 1.807) is 0 Å². The molecule has 2 aliphatic carbocycles. The second-order valence-corrected chi connectivity index (χ2v) is 7.05. The molecule has 0 saturated heterocycles. The van der Waals surface area contributed by atoms with Gasteiger partial charge in [-0.15, -0.1) is 12.4 Å². The molecule has 0 aliphatic heterocycles. The Labute approximate surface area is 150 Å². The van der Waals surface area contributed by atoms with Gasteiger partial charge in [0.25, 0.3) is 5.91 Å². The molecular formula is C19H29ClN2O2. The van der Waals surface area contributed by atoms with Crippen molar-refractivity contribution in [2.75, 3.05) is 13.2 Å². The van der Waals surface area contributed by atoms with Gasteiger partial charge in [0, 0.05) is 18.2 Å². The Morgan fingerprint density at radius 2 is 1.79 bits per heavy atom. The molecule has 134 valence electrons. The molecule has 0 heterocycles. The third-order valence-corrected chi connectivity index (χ3v) is 5.05. The topological polar surface area (TPSA) is 64.3 Å². The van der Waals surface area contributed by atoms with Gasteiger partial charge in [-0.2, -0.15) is 0 Å². The Kier molecular flexibility index (Phi) is 7.38. The van der Waals surface area contributed by atoms with Crippen molar-refractivity contribution in [3.8, 4) is 5.75 Å². The van der Waals surface area contributed by atoms with Gasteiger partial charge in [-0.3, -0.25) is 4.79 Å². The summed E-state index contributed by atoms with van der Waals surface area (Å²) in [6.07, 6.45) is 8.98. The number of hydrogen-bond donors (Lipinski definition) is 2. The third kappa shape index (κ3) is 5.67. The highest BCUT2D eigenvalue weighted by Gasteiger charge is 2.28. The smallest absolute Gasteiger partial charge is 0.251 e. The summed E-state index contributed by atoms with van der Waals surface area (Å²) in [7, 11) is 0. The van der Waals surface area contributed by atoms with Gasteiger partial charge in [0.05, 0.1) is 6.61 Å². The molecular weight excluding hydrogens is 324 g/mol. The number of carbonyl (C=O) groups is 1. The first-order valence-corrected chi connectivity index (χ1v) is 8.99. The number of nitrogens with one attached hydrogen (secondary N) is 1. The maximum Gasteiger partial charge on any atom is 0.251 e. The highest BCUT2D eigenvalue weighted by atomic mass is 35.5. The summed E-state index contributed by atoms with van der Waals surface area (Å²) in [5.74, 6) is 2.09. The van der Waals surface area contributed by atoms with E-state index < -0.39 is 0 Å². The van der Waals surface area contributed by atoms with Crippen LogP contribution in [0.3, 0.4) is 0 Å². The number of hydrogen-bond acceptors (Lipinski definition) is 3. The molecule has 0 aromatic heterocycles. The van der Waals surface area contributed by atoms with Crippen molar-refractivity contribution in [3.63, 3.8) is 0 Å². The zero-order valence-corrected chi connectivity index (χ0v) is 15.0. The number of halogens is 1. The van der Waals surface area contributed by atoms with E-state index in [2.05, 4.69) is 5.32 Å². The van der Waals surface area contributed by atoms with Crippen molar-refractivity contribution in [2.45, 2.75) is 51.0 Å². The van der Waals surface area contributed by atoms with E-state index in [1.807, 2.05) is 24.3 Å². The lowest BCUT2D eigenvalue weighted by Gasteiger charge is -2.21. The van der Waals surface area contributed by atoms with E-state index in [0.29, 0.717) is 23.9 Å². The zero-order chi connectivity index (χ0) is 16.1. The monoisotopic (exact) mass is 352 g/mol. The highest BCUT2D eigenvalue weighted by Crippen LogP contribution is 2.31. The first kappa shape index (κ1) is 19.1. The fraction of sp³-hybridized carbons (Fsp3) is 0.632. The maximum absolute atomic E-state index is 12.1. The van der Waals surface area contributed by atoms with Gasteiger partial charge in [0.2, 0.25) is 0 Å². The van der Waals surface area contributed by atoms with Crippen LogP contribution in [-0.2, 0) is 0 Å². The van der Waals surface area contributed by atoms with Gasteiger partial charge in [-0.05, 0) is 61.8 Å². The van der Waals surface area contributed by atoms with Gasteiger partial charge >= 0.3 is 0 Å². The van der Waals surface area contributed by atoms with Gasteiger partial charge < -0.3 is 15.8 Å². The Bertz CT molecular complexity index is 511. The van der Waals surface area contributed by atoms with Crippen molar-refractivity contribution in [1.82, 2.24) is 5.32 Å². The van der Waals surface area contributed by atoms with Crippen LogP contribution < -0.4 is 15.8 Å². The number of nitrogens with two attached hydrogens (primary N) is 1. The second-order valence-electron chi connectivity index (χ2n) is 7.05. The van der Waals surface area contributed by atoms with Crippen LogP contribution >= 0.6 is 12.4 Å². The molecule has 1 unspecified atom stereocenters. The Balaban J connectivity index is 0.00000208. The molecule has 1 aromatic carbocycles. The van der Waals surface area contributed by atoms with Gasteiger partial charge in [0.15, 0.2) is 0 Å². The van der Waals surface area contributed by atoms with Gasteiger partial charge in [0.1, 0.15) is 5.75 Å². The number of benzene rings is 1. The van der Waals surface area contributed by atoms with Crippen LogP contribution in [0.15, 0.2) is 24.3 Å². The molecule has 1 atom stereocenters. The standard InChI is InChI=1S/C19H28N2O2.ClH/c20-18(15-6-7-15)12-21-19(22)16-8-10-17(11-9-16)23-13-14-4-2-1-3-5-14;/h8-11,14-15,18H,1-7,12-13,20H2,(H,21,22);1H. The summed E-state index contributed by atoms with van der Waals surface area (Å²) in [5.41, 5.74) is 6.67. The van der Waals surface area contributed by atoms with Crippen LogP contribution in [-0.4, -0.2) is 25.1 Å². The van der Waals surface area contributed by atoms with Gasteiger partial charge in [-0.25, -0.2) is 0 Å². The minimum Gasteiger partial charge on any atom is -0.493 e. The minimum absolute atomic E-state index is 0. The van der Waals surface area contributed by atoms with Crippen LogP contribution in [0.5, 0.6) is 5.75 Å². The van der Waals surface area contributed by atoms with Crippen molar-refractivity contribution in [3.05, 3.63) is 29.8 Å². The molecule has 3 N–H and O–H groups in total. The molecule has 5 heteroatoms. The molecule has 0 bridgehead atoms. The van der Waals surface area contributed by atoms with Gasteiger partial charge in [-0.1, -0.05) is 19.3 Å². The molecule has 3 rings (SSSR count). The molecule has 4 nitrogen and oxygen atoms in total. The number of carbonyl (C=O) groups excluding carboxylic acids is 1. The van der Waals surface area contributed by atoms with Crippen molar-refractivity contribution >= 4 is 18.3 Å². The highest BCUT2D eigenvalue weighted by molar-refractivity contribution is 5.94. The van der Waals surface area contributed by atoms with Crippen LogP contribution in [0.2, 0.25) is 0 Å². The molecule has 2 fully saturated rings. The molecule has 2 saturated carbocycles. The second kappa shape index (κ2) is 9.28. The van der Waals surface area contributed by atoms with Crippen LogP contribution in [0.4, 0.5) is 0 Å². The first-order chi connectivity index (χ1) is 11.2. The maximum atomic E-state index is 12.1. The van der Waals surface area contributed by atoms with Crippen LogP contribution in [0.1, 0.15) is 55.3 Å². The Morgan fingerprint density at radius 3 is 2.42 bits per heavy atom. The van der Waals surface area contributed by atoms with E-state index in [1.165, 1.54) is 44.9 Å². The minimum atomic E-state index is -0.0556. The molecule has 1 amide bonds. The van der Waals surface area contributed by atoms with Crippen molar-refractivity contribution in [1.29, 1.82) is 0 Å². The summed E-state index contributed by atoms with van der Waals surface area (Å²) >= 11 is 0. The lowest BCUT2D eigenvalue weighted by molar-refractivity contribution is 0.0950. The number of rotatable bonds is 7. The first-order valence-electron chi connectivity index (χ1n) is 8.99. The van der Waals surface area contributed by atoms with E-state index >= 15 is 0 Å². The summed E-state index contributed by atoms with van der Waals surface area (Å²) < 4.78 is 5.87. The van der Waals surface area contributed by atoms with Crippen LogP contribution in [0.25, 0.3) is 0 Å². The van der Waals surface area contributed by atoms with E-state index in [0.717, 1.165) is 12.4 Å². The normalized spacial score (nSPS) is 19.2. The third-order valence-electron chi connectivity index (χ3n) is 5.05. The zero-order valence-electron chi connectivity index (χ0n) is 14.2. The molecule has 1 aromatic rings. The fourth-order valence-electron chi connectivity index (χ4n) is 3.27. The predicted molar refractivity (Wildman–Crippen MR) is 98.8 cm³/mol. The molecule has 0 spiro atoms. The fourth-order valence-corrected chi connectivity index (χ4v) is 3.27. The predicted octanol–water partition coefficient (Wildman–Crippen LogP) is 3.53. The molecule has 24 heavy (non-hydrogen) atoms. The van der Waals surface area contributed by atoms with Crippen molar-refractivity contribution < 1.29 is 9.53 Å².